The van der Waals surface area contributed by atoms with Crippen molar-refractivity contribution in [2.24, 2.45) is 5.10 Å². The highest BCUT2D eigenvalue weighted by molar-refractivity contribution is 5.99. The van der Waals surface area contributed by atoms with E-state index >= 15 is 0 Å². The van der Waals surface area contributed by atoms with Gasteiger partial charge in [0.2, 0.25) is 0 Å². The fraction of sp³-hybridized carbons (Fsp3) is 0.263. The average molecular weight is 326 g/mol. The number of ether oxygens (including phenoxy) is 2. The van der Waals surface area contributed by atoms with Crippen LogP contribution in [0.1, 0.15) is 23.6 Å². The molecule has 0 unspecified atom stereocenters. The Morgan fingerprint density at radius 1 is 1.08 bits per heavy atom. The van der Waals surface area contributed by atoms with E-state index < -0.39 is 0 Å². The van der Waals surface area contributed by atoms with E-state index in [1.807, 2.05) is 63.2 Å². The first kappa shape index (κ1) is 17.5. The third kappa shape index (κ3) is 4.59. The van der Waals surface area contributed by atoms with E-state index in [0.29, 0.717) is 5.71 Å². The number of hydrogen-bond donors (Lipinski definition) is 1. The molecule has 126 valence electrons. The number of carbonyl (C=O) groups excluding carboxylic acids is 1. The second-order valence-electron chi connectivity index (χ2n) is 5.47. The van der Waals surface area contributed by atoms with Crippen molar-refractivity contribution in [1.82, 2.24) is 5.43 Å². The summed E-state index contributed by atoms with van der Waals surface area (Å²) in [4.78, 5) is 11.9. The maximum absolute atomic E-state index is 11.9. The lowest BCUT2D eigenvalue weighted by Crippen LogP contribution is -2.26. The van der Waals surface area contributed by atoms with Gasteiger partial charge in [-0.25, -0.2) is 5.43 Å². The summed E-state index contributed by atoms with van der Waals surface area (Å²) >= 11 is 0. The molecule has 0 aliphatic rings. The lowest BCUT2D eigenvalue weighted by Gasteiger charge is -2.11. The minimum Gasteiger partial charge on any atom is -0.497 e. The first-order valence-corrected chi connectivity index (χ1v) is 7.68. The summed E-state index contributed by atoms with van der Waals surface area (Å²) < 4.78 is 10.7. The molecule has 2 aromatic carbocycles. The summed E-state index contributed by atoms with van der Waals surface area (Å²) in [5.74, 6) is 1.21. The topological polar surface area (TPSA) is 59.9 Å². The second-order valence-corrected chi connectivity index (χ2v) is 5.47. The molecule has 1 N–H and O–H groups in total. The summed E-state index contributed by atoms with van der Waals surface area (Å²) in [6.07, 6.45) is 0. The number of nitrogens with one attached hydrogen (secondary N) is 1. The predicted octanol–water partition coefficient (Wildman–Crippen LogP) is 3.23. The quantitative estimate of drug-likeness (QED) is 0.655. The number of nitrogens with zero attached hydrogens (tertiary/aromatic N) is 1. The van der Waals surface area contributed by atoms with E-state index in [9.17, 15) is 4.79 Å². The zero-order chi connectivity index (χ0) is 17.5. The number of amides is 1. The number of aryl methyl sites for hydroxylation is 2. The van der Waals surface area contributed by atoms with Crippen LogP contribution in [-0.4, -0.2) is 25.3 Å². The van der Waals surface area contributed by atoms with Crippen LogP contribution in [-0.2, 0) is 4.79 Å². The molecular formula is C19H22N2O3. The highest BCUT2D eigenvalue weighted by Gasteiger charge is 2.07. The van der Waals surface area contributed by atoms with Crippen LogP contribution in [0.4, 0.5) is 0 Å². The smallest absolute Gasteiger partial charge is 0.277 e. The van der Waals surface area contributed by atoms with Crippen molar-refractivity contribution in [3.8, 4) is 11.5 Å². The molecule has 0 spiro atoms. The third-order valence-corrected chi connectivity index (χ3v) is 3.61. The maximum atomic E-state index is 11.9. The molecule has 5 nitrogen and oxygen atoms in total. The molecule has 0 bridgehead atoms. The van der Waals surface area contributed by atoms with Gasteiger partial charge in [-0.15, -0.1) is 0 Å². The number of hydrazone groups is 1. The van der Waals surface area contributed by atoms with Gasteiger partial charge < -0.3 is 9.47 Å². The van der Waals surface area contributed by atoms with Crippen molar-refractivity contribution < 1.29 is 14.3 Å². The standard InChI is InChI=1S/C19H22N2O3/c1-13-6-5-7-14(2)19(13)24-12-18(22)21-20-15(3)16-8-10-17(23-4)11-9-16/h5-11H,12H2,1-4H3,(H,21,22)/b20-15+. The molecule has 2 aromatic rings. The van der Waals surface area contributed by atoms with Gasteiger partial charge in [0.25, 0.3) is 5.91 Å². The first-order chi connectivity index (χ1) is 11.5. The summed E-state index contributed by atoms with van der Waals surface area (Å²) in [6.45, 7) is 5.65. The average Bonchev–Trinajstić information content (AvgIpc) is 2.59. The molecule has 0 fully saturated rings. The maximum Gasteiger partial charge on any atom is 0.277 e. The Hall–Kier alpha value is -2.82. The second kappa shape index (κ2) is 8.15. The lowest BCUT2D eigenvalue weighted by molar-refractivity contribution is -0.123. The van der Waals surface area contributed by atoms with Crippen LogP contribution >= 0.6 is 0 Å². The number of benzene rings is 2. The van der Waals surface area contributed by atoms with E-state index in [1.165, 1.54) is 0 Å². The van der Waals surface area contributed by atoms with E-state index in [-0.39, 0.29) is 12.5 Å². The number of para-hydroxylation sites is 1. The van der Waals surface area contributed by atoms with Crippen LogP contribution < -0.4 is 14.9 Å². The van der Waals surface area contributed by atoms with E-state index in [0.717, 1.165) is 28.2 Å². The number of methoxy groups -OCH3 is 1. The Balaban J connectivity index is 1.92. The molecule has 0 saturated heterocycles. The minimum absolute atomic E-state index is 0.0783. The van der Waals surface area contributed by atoms with E-state index in [1.54, 1.807) is 7.11 Å². The number of hydrogen-bond acceptors (Lipinski definition) is 4. The Kier molecular flexibility index (Phi) is 5.95. The van der Waals surface area contributed by atoms with Gasteiger partial charge in [0.1, 0.15) is 11.5 Å². The Labute approximate surface area is 142 Å². The summed E-state index contributed by atoms with van der Waals surface area (Å²) in [6, 6.07) is 13.3. The fourth-order valence-electron chi connectivity index (χ4n) is 2.24. The lowest BCUT2D eigenvalue weighted by atomic mass is 10.1. The molecule has 0 aromatic heterocycles. The Bertz CT molecular complexity index is 717. The first-order valence-electron chi connectivity index (χ1n) is 7.68. The van der Waals surface area contributed by atoms with Crippen molar-refractivity contribution in [2.45, 2.75) is 20.8 Å². The van der Waals surface area contributed by atoms with Crippen LogP contribution in [0.3, 0.4) is 0 Å². The SMILES string of the molecule is COc1ccc(/C(C)=N/NC(=O)COc2c(C)cccc2C)cc1. The van der Waals surface area contributed by atoms with Gasteiger partial charge in [0.05, 0.1) is 12.8 Å². The van der Waals surface area contributed by atoms with Crippen LogP contribution in [0.2, 0.25) is 0 Å². The molecule has 0 aliphatic heterocycles. The Morgan fingerprint density at radius 3 is 2.29 bits per heavy atom. The molecular weight excluding hydrogens is 304 g/mol. The summed E-state index contributed by atoms with van der Waals surface area (Å²) in [5, 5.41) is 4.10. The van der Waals surface area contributed by atoms with Gasteiger partial charge in [0, 0.05) is 0 Å². The Morgan fingerprint density at radius 2 is 1.71 bits per heavy atom. The molecule has 24 heavy (non-hydrogen) atoms. The molecule has 0 radical (unpaired) electrons. The largest absolute Gasteiger partial charge is 0.497 e. The predicted molar refractivity (Wildman–Crippen MR) is 94.8 cm³/mol. The number of rotatable bonds is 6. The molecule has 5 heteroatoms. The van der Waals surface area contributed by atoms with Crippen molar-refractivity contribution in [2.75, 3.05) is 13.7 Å². The summed E-state index contributed by atoms with van der Waals surface area (Å²) in [7, 11) is 1.62. The normalized spacial score (nSPS) is 11.1. The highest BCUT2D eigenvalue weighted by atomic mass is 16.5. The van der Waals surface area contributed by atoms with Gasteiger partial charge in [-0.2, -0.15) is 5.10 Å². The van der Waals surface area contributed by atoms with Gasteiger partial charge in [-0.3, -0.25) is 4.79 Å². The van der Waals surface area contributed by atoms with E-state index in [4.69, 9.17) is 9.47 Å². The molecule has 1 amide bonds. The summed E-state index contributed by atoms with van der Waals surface area (Å²) in [5.41, 5.74) is 6.13. The van der Waals surface area contributed by atoms with Gasteiger partial charge >= 0.3 is 0 Å². The molecule has 0 heterocycles. The van der Waals surface area contributed by atoms with Crippen LogP contribution in [0, 0.1) is 13.8 Å². The zero-order valence-corrected chi connectivity index (χ0v) is 14.4. The van der Waals surface area contributed by atoms with Crippen LogP contribution in [0.25, 0.3) is 0 Å². The van der Waals surface area contributed by atoms with Gasteiger partial charge in [0.15, 0.2) is 6.61 Å². The molecule has 0 atom stereocenters. The van der Waals surface area contributed by atoms with Crippen molar-refractivity contribution in [3.63, 3.8) is 0 Å². The van der Waals surface area contributed by atoms with Crippen LogP contribution in [0.5, 0.6) is 11.5 Å². The number of carbonyl (C=O) groups is 1. The van der Waals surface area contributed by atoms with Crippen LogP contribution in [0.15, 0.2) is 47.6 Å². The van der Waals surface area contributed by atoms with Crippen molar-refractivity contribution in [3.05, 3.63) is 59.2 Å². The molecule has 0 aliphatic carbocycles. The zero-order valence-electron chi connectivity index (χ0n) is 14.4. The van der Waals surface area contributed by atoms with Crippen molar-refractivity contribution in [1.29, 1.82) is 0 Å². The molecule has 2 rings (SSSR count). The van der Waals surface area contributed by atoms with Crippen molar-refractivity contribution >= 4 is 11.6 Å². The minimum atomic E-state index is -0.300. The fourth-order valence-corrected chi connectivity index (χ4v) is 2.24. The molecule has 0 saturated carbocycles. The monoisotopic (exact) mass is 326 g/mol. The van der Waals surface area contributed by atoms with Gasteiger partial charge in [-0.1, -0.05) is 18.2 Å². The third-order valence-electron chi connectivity index (χ3n) is 3.61. The highest BCUT2D eigenvalue weighted by Crippen LogP contribution is 2.22. The van der Waals surface area contributed by atoms with Gasteiger partial charge in [-0.05, 0) is 61.7 Å². The van der Waals surface area contributed by atoms with E-state index in [2.05, 4.69) is 10.5 Å².